The summed E-state index contributed by atoms with van der Waals surface area (Å²) >= 11 is 6.95. The fourth-order valence-corrected chi connectivity index (χ4v) is 3.40. The molecule has 0 aromatic rings. The molecule has 0 saturated carbocycles. The van der Waals surface area contributed by atoms with Crippen LogP contribution in [-0.2, 0) is 4.74 Å². The van der Waals surface area contributed by atoms with Crippen molar-refractivity contribution in [2.45, 2.75) is 24.8 Å². The number of nitrogens with zero attached hydrogens (tertiary/aromatic N) is 1. The predicted octanol–water partition coefficient (Wildman–Crippen LogP) is 2.26. The lowest BCUT2D eigenvalue weighted by atomic mass is 10.1. The van der Waals surface area contributed by atoms with Crippen molar-refractivity contribution in [3.8, 4) is 0 Å². The Hall–Kier alpha value is -0.0600. The highest BCUT2D eigenvalue weighted by Gasteiger charge is 2.44. The van der Waals surface area contributed by atoms with Gasteiger partial charge in [0, 0.05) is 13.7 Å². The van der Waals surface area contributed by atoms with Gasteiger partial charge in [-0.05, 0) is 13.8 Å². The maximum absolute atomic E-state index is 5.43. The Morgan fingerprint density at radius 2 is 2.38 bits per heavy atom. The van der Waals surface area contributed by atoms with Crippen molar-refractivity contribution in [3.05, 3.63) is 12.7 Å². The molecule has 4 heteroatoms. The van der Waals surface area contributed by atoms with Crippen LogP contribution in [0.5, 0.6) is 0 Å². The molecule has 2 nitrogen and oxygen atoms in total. The maximum Gasteiger partial charge on any atom is 0.145 e. The normalized spacial score (nSPS) is 26.5. The molecule has 0 amide bonds. The summed E-state index contributed by atoms with van der Waals surface area (Å²) in [5.74, 6) is 0. The Morgan fingerprint density at radius 3 is 2.85 bits per heavy atom. The largest absolute Gasteiger partial charge is 0.360 e. The molecule has 1 unspecified atom stereocenters. The Bertz CT molecular complexity index is 228. The first-order chi connectivity index (χ1) is 6.03. The first kappa shape index (κ1) is 11.0. The molecule has 1 fully saturated rings. The summed E-state index contributed by atoms with van der Waals surface area (Å²) in [6.07, 6.45) is 1.91. The summed E-state index contributed by atoms with van der Waals surface area (Å²) < 4.78 is 6.37. The summed E-state index contributed by atoms with van der Waals surface area (Å²) in [6.45, 7) is 8.75. The van der Waals surface area contributed by atoms with Gasteiger partial charge in [0.2, 0.25) is 0 Å². The zero-order valence-electron chi connectivity index (χ0n) is 8.24. The van der Waals surface area contributed by atoms with Crippen LogP contribution in [0.15, 0.2) is 12.7 Å². The van der Waals surface area contributed by atoms with Crippen molar-refractivity contribution in [1.82, 2.24) is 4.90 Å². The molecule has 0 aromatic carbocycles. The van der Waals surface area contributed by atoms with Gasteiger partial charge in [-0.1, -0.05) is 30.1 Å². The lowest BCUT2D eigenvalue weighted by Crippen LogP contribution is -2.42. The van der Waals surface area contributed by atoms with Crippen molar-refractivity contribution in [2.75, 3.05) is 13.7 Å². The first-order valence-corrected chi connectivity index (χ1v) is 5.38. The molecule has 0 spiro atoms. The van der Waals surface area contributed by atoms with Crippen LogP contribution >= 0.6 is 24.0 Å². The SMILES string of the molecule is C=CCN1C(=S)SC(C)(C)C1OC. The van der Waals surface area contributed by atoms with Gasteiger partial charge in [0.15, 0.2) is 0 Å². The Labute approximate surface area is 89.3 Å². The van der Waals surface area contributed by atoms with Crippen LogP contribution in [0.4, 0.5) is 0 Å². The number of rotatable bonds is 3. The molecule has 0 radical (unpaired) electrons. The number of thiocarbonyl (C=S) groups is 1. The number of hydrogen-bond donors (Lipinski definition) is 0. The van der Waals surface area contributed by atoms with Gasteiger partial charge in [-0.25, -0.2) is 0 Å². The molecule has 0 bridgehead atoms. The second-order valence-corrected chi connectivity index (χ2v) is 5.79. The zero-order chi connectivity index (χ0) is 10.1. The van der Waals surface area contributed by atoms with E-state index in [-0.39, 0.29) is 11.0 Å². The second kappa shape index (κ2) is 3.98. The van der Waals surface area contributed by atoms with Crippen molar-refractivity contribution >= 4 is 28.3 Å². The average Bonchev–Trinajstić information content (AvgIpc) is 2.22. The molecule has 1 rings (SSSR count). The number of hydrogen-bond acceptors (Lipinski definition) is 3. The van der Waals surface area contributed by atoms with Gasteiger partial charge in [0.05, 0.1) is 4.75 Å². The van der Waals surface area contributed by atoms with Gasteiger partial charge in [0.25, 0.3) is 0 Å². The van der Waals surface area contributed by atoms with Crippen LogP contribution < -0.4 is 0 Å². The Balaban J connectivity index is 2.82. The third kappa shape index (κ3) is 2.06. The van der Waals surface area contributed by atoms with E-state index in [0.717, 1.165) is 10.9 Å². The van der Waals surface area contributed by atoms with Crippen LogP contribution in [0, 0.1) is 0 Å². The summed E-state index contributed by atoms with van der Waals surface area (Å²) in [7, 11) is 1.72. The van der Waals surface area contributed by atoms with E-state index in [1.165, 1.54) is 0 Å². The van der Waals surface area contributed by atoms with Gasteiger partial charge < -0.3 is 9.64 Å². The van der Waals surface area contributed by atoms with Crippen LogP contribution in [-0.4, -0.2) is 33.8 Å². The molecule has 1 heterocycles. The molecule has 1 aliphatic heterocycles. The van der Waals surface area contributed by atoms with E-state index in [0.29, 0.717) is 0 Å². The van der Waals surface area contributed by atoms with Gasteiger partial charge >= 0.3 is 0 Å². The third-order valence-electron chi connectivity index (χ3n) is 2.01. The zero-order valence-corrected chi connectivity index (χ0v) is 9.87. The second-order valence-electron chi connectivity index (χ2n) is 3.50. The Kier molecular flexibility index (Phi) is 3.38. The fourth-order valence-electron chi connectivity index (χ4n) is 1.53. The Morgan fingerprint density at radius 1 is 1.77 bits per heavy atom. The van der Waals surface area contributed by atoms with E-state index in [2.05, 4.69) is 25.3 Å². The minimum absolute atomic E-state index is 0.0366. The van der Waals surface area contributed by atoms with E-state index in [1.54, 1.807) is 18.9 Å². The molecule has 74 valence electrons. The lowest BCUT2D eigenvalue weighted by molar-refractivity contribution is 0.0000736. The van der Waals surface area contributed by atoms with Crippen LogP contribution in [0.3, 0.4) is 0 Å². The quantitative estimate of drug-likeness (QED) is 0.531. The van der Waals surface area contributed by atoms with Gasteiger partial charge in [-0.2, -0.15) is 0 Å². The minimum Gasteiger partial charge on any atom is -0.360 e. The summed E-state index contributed by atoms with van der Waals surface area (Å²) in [5, 5.41) is 0. The van der Waals surface area contributed by atoms with Crippen molar-refractivity contribution < 1.29 is 4.74 Å². The molecule has 0 aromatic heterocycles. The van der Waals surface area contributed by atoms with Gasteiger partial charge in [0.1, 0.15) is 10.5 Å². The monoisotopic (exact) mass is 217 g/mol. The molecule has 0 N–H and O–H groups in total. The molecular weight excluding hydrogens is 202 g/mol. The highest BCUT2D eigenvalue weighted by molar-refractivity contribution is 8.24. The maximum atomic E-state index is 5.43. The topological polar surface area (TPSA) is 12.5 Å². The van der Waals surface area contributed by atoms with E-state index < -0.39 is 0 Å². The van der Waals surface area contributed by atoms with Crippen molar-refractivity contribution in [1.29, 1.82) is 0 Å². The molecule has 13 heavy (non-hydrogen) atoms. The third-order valence-corrected chi connectivity index (χ3v) is 3.63. The number of ether oxygens (including phenoxy) is 1. The lowest BCUT2D eigenvalue weighted by Gasteiger charge is -2.29. The summed E-state index contributed by atoms with van der Waals surface area (Å²) in [6, 6.07) is 0. The molecular formula is C9H15NOS2. The van der Waals surface area contributed by atoms with Crippen molar-refractivity contribution in [2.24, 2.45) is 0 Å². The predicted molar refractivity (Wildman–Crippen MR) is 62.0 cm³/mol. The highest BCUT2D eigenvalue weighted by Crippen LogP contribution is 2.41. The average molecular weight is 217 g/mol. The number of thioether (sulfide) groups is 1. The molecule has 1 saturated heterocycles. The van der Waals surface area contributed by atoms with E-state index >= 15 is 0 Å². The summed E-state index contributed by atoms with van der Waals surface area (Å²) in [4.78, 5) is 2.06. The van der Waals surface area contributed by atoms with Gasteiger partial charge in [-0.15, -0.1) is 6.58 Å². The van der Waals surface area contributed by atoms with Crippen LogP contribution in [0.2, 0.25) is 0 Å². The minimum atomic E-state index is 0.0366. The highest BCUT2D eigenvalue weighted by atomic mass is 32.2. The first-order valence-electron chi connectivity index (χ1n) is 4.16. The van der Waals surface area contributed by atoms with E-state index in [4.69, 9.17) is 17.0 Å². The fraction of sp³-hybridized carbons (Fsp3) is 0.667. The molecule has 1 aliphatic rings. The summed E-state index contributed by atoms with van der Waals surface area (Å²) in [5.41, 5.74) is 0. The van der Waals surface area contributed by atoms with Crippen molar-refractivity contribution in [3.63, 3.8) is 0 Å². The standard InChI is InChI=1S/C9H15NOS2/c1-5-6-10-7(11-4)9(2,3)13-8(10)12/h5,7H,1,6H2,2-4H3. The molecule has 1 atom stereocenters. The number of methoxy groups -OCH3 is 1. The smallest absolute Gasteiger partial charge is 0.145 e. The van der Waals surface area contributed by atoms with Crippen LogP contribution in [0.1, 0.15) is 13.8 Å². The van der Waals surface area contributed by atoms with E-state index in [1.807, 2.05) is 6.08 Å². The molecule has 0 aliphatic carbocycles. The van der Waals surface area contributed by atoms with Gasteiger partial charge in [-0.3, -0.25) is 0 Å². The van der Waals surface area contributed by atoms with Crippen LogP contribution in [0.25, 0.3) is 0 Å². The van der Waals surface area contributed by atoms with E-state index in [9.17, 15) is 0 Å².